The van der Waals surface area contributed by atoms with Crippen LogP contribution >= 0.6 is 11.3 Å². The second-order valence-electron chi connectivity index (χ2n) is 10.3. The Labute approximate surface area is 202 Å². The van der Waals surface area contributed by atoms with Crippen LogP contribution in [0.3, 0.4) is 0 Å². The van der Waals surface area contributed by atoms with Gasteiger partial charge < -0.3 is 10.2 Å². The molecule has 1 unspecified atom stereocenters. The van der Waals surface area contributed by atoms with Gasteiger partial charge in [0.2, 0.25) is 11.8 Å². The quantitative estimate of drug-likeness (QED) is 0.697. The summed E-state index contributed by atoms with van der Waals surface area (Å²) < 4.78 is 0. The van der Waals surface area contributed by atoms with E-state index in [0.717, 1.165) is 5.69 Å². The molecule has 2 aliphatic heterocycles. The number of hydrogen-bond acceptors (Lipinski definition) is 6. The van der Waals surface area contributed by atoms with Gasteiger partial charge in [-0.15, -0.1) is 0 Å². The van der Waals surface area contributed by atoms with E-state index in [1.165, 1.54) is 11.3 Å². The summed E-state index contributed by atoms with van der Waals surface area (Å²) in [6.45, 7) is 6.38. The summed E-state index contributed by atoms with van der Waals surface area (Å²) >= 11 is 1.24. The number of thiazole rings is 1. The van der Waals surface area contributed by atoms with E-state index < -0.39 is 5.66 Å². The number of nitrogens with one attached hydrogen (secondary N) is 1. The van der Waals surface area contributed by atoms with Gasteiger partial charge in [-0.05, 0) is 43.7 Å². The number of anilines is 2. The molecule has 1 aliphatic carbocycles. The van der Waals surface area contributed by atoms with Gasteiger partial charge in [-0.25, -0.2) is 4.98 Å². The Morgan fingerprint density at radius 1 is 1.15 bits per heavy atom. The Hall–Kier alpha value is -3.07. The van der Waals surface area contributed by atoms with Gasteiger partial charge in [-0.3, -0.25) is 24.1 Å². The van der Waals surface area contributed by atoms with Crippen LogP contribution in [-0.2, 0) is 16.0 Å². The van der Waals surface area contributed by atoms with Gasteiger partial charge >= 0.3 is 0 Å². The number of ketones is 1. The Balaban J connectivity index is 1.25. The number of Topliss-reactive ketones (excluding diaryl/α,β-unsaturated/α-hetero) is 1. The largest absolute Gasteiger partial charge is 0.315 e. The number of carbonyl (C=O) groups is 4. The number of nitrogens with zero attached hydrogens (tertiary/aromatic N) is 3. The summed E-state index contributed by atoms with van der Waals surface area (Å²) in [6, 6.07) is 7.20. The molecule has 5 rings (SSSR count). The molecule has 3 aliphatic rings. The average Bonchev–Trinajstić information content (AvgIpc) is 3.30. The molecule has 1 fully saturated rings. The zero-order chi connectivity index (χ0) is 24.3. The van der Waals surface area contributed by atoms with Crippen LogP contribution in [0.4, 0.5) is 10.8 Å². The SMILES string of the molecule is CC1(C)CC(=O)c2sc(NC(=O)CCCN3C(=O)c4ccccc4N4C(=O)CCC34C)nc2C1. The fourth-order valence-electron chi connectivity index (χ4n) is 5.39. The molecule has 2 aromatic rings. The number of aromatic nitrogens is 1. The maximum absolute atomic E-state index is 13.3. The number of fused-ring (bicyclic) bond motifs is 4. The van der Waals surface area contributed by atoms with Crippen LogP contribution in [0.1, 0.15) is 78.6 Å². The maximum Gasteiger partial charge on any atom is 0.257 e. The van der Waals surface area contributed by atoms with Crippen molar-refractivity contribution in [2.75, 3.05) is 16.8 Å². The molecule has 0 bridgehead atoms. The lowest BCUT2D eigenvalue weighted by atomic mass is 9.78. The Bertz CT molecular complexity index is 1220. The van der Waals surface area contributed by atoms with Crippen LogP contribution in [-0.4, -0.2) is 45.6 Å². The van der Waals surface area contributed by atoms with Crippen molar-refractivity contribution in [2.45, 2.75) is 65.0 Å². The first-order valence-corrected chi connectivity index (χ1v) is 12.5. The van der Waals surface area contributed by atoms with Gasteiger partial charge in [0, 0.05) is 25.8 Å². The summed E-state index contributed by atoms with van der Waals surface area (Å²) in [4.78, 5) is 59.6. The van der Waals surface area contributed by atoms with Gasteiger partial charge in [0.05, 0.1) is 21.8 Å². The first-order valence-electron chi connectivity index (χ1n) is 11.7. The van der Waals surface area contributed by atoms with Crippen molar-refractivity contribution in [3.63, 3.8) is 0 Å². The minimum absolute atomic E-state index is 0.00987. The minimum Gasteiger partial charge on any atom is -0.315 e. The van der Waals surface area contributed by atoms with Crippen molar-refractivity contribution < 1.29 is 19.2 Å². The molecule has 8 nitrogen and oxygen atoms in total. The topological polar surface area (TPSA) is 99.7 Å². The smallest absolute Gasteiger partial charge is 0.257 e. The highest BCUT2D eigenvalue weighted by atomic mass is 32.1. The van der Waals surface area contributed by atoms with Gasteiger partial charge in [0.25, 0.3) is 5.91 Å². The third-order valence-corrected chi connectivity index (χ3v) is 8.07. The van der Waals surface area contributed by atoms with Crippen molar-refractivity contribution in [2.24, 2.45) is 5.41 Å². The third kappa shape index (κ3) is 3.72. The molecule has 1 atom stereocenters. The first kappa shape index (κ1) is 22.7. The van der Waals surface area contributed by atoms with Gasteiger partial charge in [-0.1, -0.05) is 37.3 Å². The van der Waals surface area contributed by atoms with Crippen molar-refractivity contribution in [1.82, 2.24) is 9.88 Å². The maximum atomic E-state index is 13.3. The molecule has 0 spiro atoms. The van der Waals surface area contributed by atoms with Gasteiger partial charge in [0.15, 0.2) is 10.9 Å². The minimum atomic E-state index is -0.722. The number of hydrogen-bond donors (Lipinski definition) is 1. The Morgan fingerprint density at radius 2 is 1.91 bits per heavy atom. The van der Waals surface area contributed by atoms with Crippen LogP contribution in [0, 0.1) is 5.41 Å². The third-order valence-electron chi connectivity index (χ3n) is 7.01. The van der Waals surface area contributed by atoms with E-state index >= 15 is 0 Å². The molecular formula is C25H28N4O4S. The predicted molar refractivity (Wildman–Crippen MR) is 129 cm³/mol. The van der Waals surface area contributed by atoms with E-state index in [0.29, 0.717) is 59.9 Å². The van der Waals surface area contributed by atoms with E-state index in [1.807, 2.05) is 32.9 Å². The number of rotatable bonds is 5. The number of amides is 3. The standard InChI is InChI=1S/C25H28N4O4S/c1-24(2)13-16-21(18(30)14-24)34-23(26-16)27-19(31)9-6-12-28-22(33)15-7-4-5-8-17(15)29-20(32)10-11-25(28,29)3/h4-5,7-8H,6,9-14H2,1-3H3,(H,26,27,31). The van der Waals surface area contributed by atoms with Crippen LogP contribution in [0.15, 0.2) is 24.3 Å². The van der Waals surface area contributed by atoms with E-state index in [-0.39, 0.29) is 35.3 Å². The summed E-state index contributed by atoms with van der Waals surface area (Å²) in [7, 11) is 0. The van der Waals surface area contributed by atoms with Crippen LogP contribution < -0.4 is 10.2 Å². The van der Waals surface area contributed by atoms with E-state index in [2.05, 4.69) is 10.3 Å². The molecule has 1 aromatic carbocycles. The second-order valence-corrected chi connectivity index (χ2v) is 11.3. The highest BCUT2D eigenvalue weighted by Gasteiger charge is 2.52. The Kier molecular flexibility index (Phi) is 5.35. The zero-order valence-corrected chi connectivity index (χ0v) is 20.5. The van der Waals surface area contributed by atoms with E-state index in [1.54, 1.807) is 21.9 Å². The molecule has 1 aromatic heterocycles. The molecule has 3 amide bonds. The van der Waals surface area contributed by atoms with Crippen LogP contribution in [0.25, 0.3) is 0 Å². The molecule has 1 saturated heterocycles. The van der Waals surface area contributed by atoms with Crippen molar-refractivity contribution >= 4 is 45.7 Å². The van der Waals surface area contributed by atoms with Crippen LogP contribution in [0.2, 0.25) is 0 Å². The van der Waals surface area contributed by atoms with E-state index in [9.17, 15) is 19.2 Å². The second kappa shape index (κ2) is 8.01. The highest BCUT2D eigenvalue weighted by Crippen LogP contribution is 2.44. The lowest BCUT2D eigenvalue weighted by Gasteiger charge is -2.48. The highest BCUT2D eigenvalue weighted by molar-refractivity contribution is 7.17. The molecular weight excluding hydrogens is 452 g/mol. The molecule has 0 saturated carbocycles. The van der Waals surface area contributed by atoms with Gasteiger partial charge in [-0.2, -0.15) is 0 Å². The van der Waals surface area contributed by atoms with Crippen molar-refractivity contribution in [3.05, 3.63) is 40.4 Å². The van der Waals surface area contributed by atoms with E-state index in [4.69, 9.17) is 0 Å². The predicted octanol–water partition coefficient (Wildman–Crippen LogP) is 4.02. The number of para-hydroxylation sites is 1. The monoisotopic (exact) mass is 480 g/mol. The summed E-state index contributed by atoms with van der Waals surface area (Å²) in [6.07, 6.45) is 2.81. The molecule has 9 heteroatoms. The number of benzene rings is 1. The zero-order valence-electron chi connectivity index (χ0n) is 19.6. The van der Waals surface area contributed by atoms with Gasteiger partial charge in [0.1, 0.15) is 5.66 Å². The number of carbonyl (C=O) groups excluding carboxylic acids is 4. The Morgan fingerprint density at radius 3 is 2.71 bits per heavy atom. The summed E-state index contributed by atoms with van der Waals surface area (Å²) in [5, 5.41) is 3.27. The van der Waals surface area contributed by atoms with Crippen molar-refractivity contribution in [3.8, 4) is 0 Å². The lowest BCUT2D eigenvalue weighted by Crippen LogP contribution is -2.62. The van der Waals surface area contributed by atoms with Crippen molar-refractivity contribution in [1.29, 1.82) is 0 Å². The van der Waals surface area contributed by atoms with Crippen LogP contribution in [0.5, 0.6) is 0 Å². The normalized spacial score (nSPS) is 23.0. The fraction of sp³-hybridized carbons (Fsp3) is 0.480. The summed E-state index contributed by atoms with van der Waals surface area (Å²) in [5.74, 6) is -0.224. The molecule has 34 heavy (non-hydrogen) atoms. The first-order chi connectivity index (χ1) is 16.1. The molecule has 0 radical (unpaired) electrons. The molecule has 1 N–H and O–H groups in total. The molecule has 178 valence electrons. The lowest BCUT2D eigenvalue weighted by molar-refractivity contribution is -0.118. The average molecular weight is 481 g/mol. The molecule has 3 heterocycles. The summed E-state index contributed by atoms with van der Waals surface area (Å²) in [5.41, 5.74) is 1.10. The fourth-order valence-corrected chi connectivity index (χ4v) is 6.33.